The van der Waals surface area contributed by atoms with E-state index in [2.05, 4.69) is 102 Å². The molecule has 2 aromatic carbocycles. The Morgan fingerprint density at radius 3 is 2.22 bits per heavy atom. The molecule has 6 rings (SSSR count). The first-order valence-electron chi connectivity index (χ1n) is 18.6. The van der Waals surface area contributed by atoms with Gasteiger partial charge in [-0.2, -0.15) is 0 Å². The first-order chi connectivity index (χ1) is 22.0. The van der Waals surface area contributed by atoms with Gasteiger partial charge in [0.1, 0.15) is 0 Å². The second-order valence-electron chi connectivity index (χ2n) is 15.7. The van der Waals surface area contributed by atoms with E-state index in [0.29, 0.717) is 22.7 Å². The van der Waals surface area contributed by atoms with Gasteiger partial charge in [0, 0.05) is 11.6 Å². The van der Waals surface area contributed by atoms with E-state index in [4.69, 9.17) is 5.73 Å². The number of fused-ring (bicyclic) bond motifs is 6. The molecular formula is C44H66N2. The van der Waals surface area contributed by atoms with E-state index in [0.717, 1.165) is 30.5 Å². The van der Waals surface area contributed by atoms with Gasteiger partial charge in [0.25, 0.3) is 0 Å². The maximum Gasteiger partial charge on any atom is 0.0108 e. The van der Waals surface area contributed by atoms with Crippen LogP contribution in [0, 0.1) is 30.6 Å². The molecule has 2 aromatic rings. The highest BCUT2D eigenvalue weighted by Gasteiger charge is 2.47. The third-order valence-corrected chi connectivity index (χ3v) is 12.4. The lowest BCUT2D eigenvalue weighted by Gasteiger charge is -2.51. The van der Waals surface area contributed by atoms with Crippen LogP contribution in [0.15, 0.2) is 79.7 Å². The highest BCUT2D eigenvalue weighted by molar-refractivity contribution is 5.41. The zero-order chi connectivity index (χ0) is 33.3. The molecule has 0 amide bonds. The summed E-state index contributed by atoms with van der Waals surface area (Å²) >= 11 is 0. The Morgan fingerprint density at radius 1 is 0.870 bits per heavy atom. The van der Waals surface area contributed by atoms with Crippen LogP contribution in [0.2, 0.25) is 0 Å². The summed E-state index contributed by atoms with van der Waals surface area (Å²) in [5, 5.41) is 3.27. The average Bonchev–Trinajstić information content (AvgIpc) is 3.03. The van der Waals surface area contributed by atoms with Gasteiger partial charge in [-0.15, -0.1) is 6.58 Å². The number of aryl methyl sites for hydroxylation is 3. The molecule has 0 saturated heterocycles. The second-order valence-corrected chi connectivity index (χ2v) is 15.7. The highest BCUT2D eigenvalue weighted by atomic mass is 14.9. The molecule has 0 radical (unpaired) electrons. The Balaban J connectivity index is 0.000000170. The maximum absolute atomic E-state index is 5.32. The van der Waals surface area contributed by atoms with Gasteiger partial charge in [0.05, 0.1) is 0 Å². The van der Waals surface area contributed by atoms with E-state index in [-0.39, 0.29) is 0 Å². The van der Waals surface area contributed by atoms with Crippen LogP contribution in [0.4, 0.5) is 0 Å². The molecule has 4 aliphatic carbocycles. The molecule has 2 nitrogen and oxygen atoms in total. The van der Waals surface area contributed by atoms with Crippen molar-refractivity contribution in [3.8, 4) is 0 Å². The molecule has 0 aliphatic heterocycles. The van der Waals surface area contributed by atoms with Crippen LogP contribution in [0.3, 0.4) is 0 Å². The summed E-state index contributed by atoms with van der Waals surface area (Å²) in [5.74, 6) is 3.14. The van der Waals surface area contributed by atoms with Gasteiger partial charge in [-0.3, -0.25) is 0 Å². The van der Waals surface area contributed by atoms with Crippen molar-refractivity contribution in [2.24, 2.45) is 29.4 Å². The van der Waals surface area contributed by atoms with Gasteiger partial charge in [-0.1, -0.05) is 113 Å². The number of rotatable bonds is 8. The van der Waals surface area contributed by atoms with Crippen LogP contribution in [-0.2, 0) is 23.7 Å². The van der Waals surface area contributed by atoms with Crippen molar-refractivity contribution in [1.29, 1.82) is 0 Å². The standard InChI is InChI=1S/C20H27N.C16H22.C8H17N/c1-5-21-15(3)17-7-6-12-20(4)18(17)11-10-16-9-8-14(2)13-19(16)20;1-12-6-5-11-16(2)14(12)10-9-13-7-3-4-8-15(13)16;1-8(2)6-4-3-5-7-9/h5,8-9,13,17-18,21H,1,3,6-7,10-12H2,2,4H3;3-4,7-8,12,14H,5-6,9-11H2,1-2H3;1,3-7,9H2,2H3/t;12?,14?,16-;/m.0./s1. The predicted molar refractivity (Wildman–Crippen MR) is 201 cm³/mol. The molecule has 252 valence electrons. The van der Waals surface area contributed by atoms with E-state index in [1.165, 1.54) is 94.6 Å². The van der Waals surface area contributed by atoms with E-state index in [1.807, 2.05) is 0 Å². The van der Waals surface area contributed by atoms with Crippen LogP contribution in [0.5, 0.6) is 0 Å². The largest absolute Gasteiger partial charge is 0.366 e. The summed E-state index contributed by atoms with van der Waals surface area (Å²) in [6.07, 6.45) is 20.0. The Kier molecular flexibility index (Phi) is 13.0. The van der Waals surface area contributed by atoms with Crippen molar-refractivity contribution in [2.45, 2.75) is 135 Å². The van der Waals surface area contributed by atoms with Gasteiger partial charge < -0.3 is 11.1 Å². The molecule has 0 spiro atoms. The first-order valence-corrected chi connectivity index (χ1v) is 18.6. The summed E-state index contributed by atoms with van der Waals surface area (Å²) in [6.45, 7) is 24.5. The van der Waals surface area contributed by atoms with E-state index < -0.39 is 0 Å². The van der Waals surface area contributed by atoms with Crippen LogP contribution in [-0.4, -0.2) is 6.54 Å². The van der Waals surface area contributed by atoms with Gasteiger partial charge in [0.15, 0.2) is 0 Å². The monoisotopic (exact) mass is 623 g/mol. The lowest BCUT2D eigenvalue weighted by molar-refractivity contribution is 0.118. The van der Waals surface area contributed by atoms with Crippen molar-refractivity contribution in [3.05, 3.63) is 107 Å². The number of hydrogen-bond acceptors (Lipinski definition) is 2. The minimum Gasteiger partial charge on any atom is -0.366 e. The predicted octanol–water partition coefficient (Wildman–Crippen LogP) is 11.3. The number of unbranched alkanes of at least 4 members (excludes halogenated alkanes) is 2. The topological polar surface area (TPSA) is 38.0 Å². The molecule has 4 aliphatic rings. The maximum atomic E-state index is 5.32. The molecule has 46 heavy (non-hydrogen) atoms. The molecule has 0 bridgehead atoms. The van der Waals surface area contributed by atoms with Gasteiger partial charge >= 0.3 is 0 Å². The fourth-order valence-corrected chi connectivity index (χ4v) is 9.88. The average molecular weight is 623 g/mol. The fraction of sp³-hybridized carbons (Fsp3) is 0.591. The lowest BCUT2D eigenvalue weighted by Crippen LogP contribution is -2.45. The number of benzene rings is 2. The van der Waals surface area contributed by atoms with Crippen molar-refractivity contribution in [3.63, 3.8) is 0 Å². The van der Waals surface area contributed by atoms with Crippen LogP contribution >= 0.6 is 0 Å². The molecule has 6 atom stereocenters. The second kappa shape index (κ2) is 16.5. The third kappa shape index (κ3) is 8.28. The molecule has 0 heterocycles. The van der Waals surface area contributed by atoms with Gasteiger partial charge in [0.2, 0.25) is 0 Å². The van der Waals surface area contributed by atoms with Crippen molar-refractivity contribution >= 4 is 0 Å². The minimum absolute atomic E-state index is 0.314. The number of nitrogens with one attached hydrogen (secondary N) is 1. The first kappa shape index (κ1) is 36.3. The Morgan fingerprint density at radius 2 is 1.52 bits per heavy atom. The molecule has 2 saturated carbocycles. The quantitative estimate of drug-likeness (QED) is 0.227. The molecule has 5 unspecified atom stereocenters. The smallest absolute Gasteiger partial charge is 0.0108 e. The summed E-state index contributed by atoms with van der Waals surface area (Å²) in [4.78, 5) is 0. The third-order valence-electron chi connectivity index (χ3n) is 12.4. The zero-order valence-electron chi connectivity index (χ0n) is 30.2. The van der Waals surface area contributed by atoms with Gasteiger partial charge in [-0.25, -0.2) is 0 Å². The number of allylic oxidation sites excluding steroid dienone is 2. The normalized spacial score (nSPS) is 29.1. The summed E-state index contributed by atoms with van der Waals surface area (Å²) < 4.78 is 0. The minimum atomic E-state index is 0.314. The molecular weight excluding hydrogens is 556 g/mol. The zero-order valence-corrected chi connectivity index (χ0v) is 30.2. The van der Waals surface area contributed by atoms with Crippen LogP contribution in [0.1, 0.15) is 133 Å². The fourth-order valence-electron chi connectivity index (χ4n) is 9.88. The van der Waals surface area contributed by atoms with Crippen LogP contribution < -0.4 is 11.1 Å². The van der Waals surface area contributed by atoms with Crippen LogP contribution in [0.25, 0.3) is 0 Å². The van der Waals surface area contributed by atoms with Crippen molar-refractivity contribution < 1.29 is 0 Å². The molecule has 2 fully saturated rings. The summed E-state index contributed by atoms with van der Waals surface area (Å²) in [7, 11) is 0. The highest BCUT2D eigenvalue weighted by Crippen LogP contribution is 2.54. The molecule has 0 aromatic heterocycles. The Bertz CT molecular complexity index is 1320. The molecule has 3 N–H and O–H groups in total. The van der Waals surface area contributed by atoms with Crippen molar-refractivity contribution in [2.75, 3.05) is 6.54 Å². The SMILES string of the molecule is C=C(C)CCCCCN.C=CNC(=C)C1CCCC2(C)c3cc(C)ccc3CCC12.CC1CCC[C@]2(C)c3ccccc3CCC12. The van der Waals surface area contributed by atoms with Crippen molar-refractivity contribution in [1.82, 2.24) is 5.32 Å². The van der Waals surface area contributed by atoms with Gasteiger partial charge in [-0.05, 0) is 142 Å². The van der Waals surface area contributed by atoms with E-state index >= 15 is 0 Å². The summed E-state index contributed by atoms with van der Waals surface area (Å²) in [6, 6.07) is 16.2. The van der Waals surface area contributed by atoms with E-state index in [9.17, 15) is 0 Å². The summed E-state index contributed by atoms with van der Waals surface area (Å²) in [5.41, 5.74) is 16.4. The Hall–Kier alpha value is -2.58. The van der Waals surface area contributed by atoms with E-state index in [1.54, 1.807) is 28.5 Å². The number of nitrogens with two attached hydrogens (primary N) is 1. The Labute approximate surface area is 283 Å². The number of hydrogen-bond donors (Lipinski definition) is 2. The molecule has 2 heteroatoms. The lowest BCUT2D eigenvalue weighted by atomic mass is 9.54.